The number of benzene rings is 2. The Bertz CT molecular complexity index is 557. The lowest BCUT2D eigenvalue weighted by molar-refractivity contribution is 0.220. The first-order valence-electron chi connectivity index (χ1n) is 5.48. The number of hydrogen-bond donors (Lipinski definition) is 2. The number of halogens is 1. The molecule has 2 rings (SSSR count). The smallest absolute Gasteiger partial charge is 0.123 e. The van der Waals surface area contributed by atoms with E-state index in [1.54, 1.807) is 30.3 Å². The average molecular weight is 247 g/mol. The quantitative estimate of drug-likeness (QED) is 0.819. The predicted octanol–water partition coefficient (Wildman–Crippen LogP) is 2.50. The molecule has 4 heteroatoms. The van der Waals surface area contributed by atoms with Crippen LogP contribution in [0.4, 0.5) is 10.1 Å². The lowest BCUT2D eigenvalue weighted by Gasteiger charge is -2.14. The van der Waals surface area contributed by atoms with Crippen LogP contribution in [-0.4, -0.2) is 12.2 Å². The zero-order chi connectivity index (χ0) is 13.1. The molecule has 0 aliphatic carbocycles. The fraction of sp³-hybridized carbons (Fsp3) is 0.143. The largest absolute Gasteiger partial charge is 0.497 e. The van der Waals surface area contributed by atoms with Crippen LogP contribution in [0.1, 0.15) is 17.2 Å². The highest BCUT2D eigenvalue weighted by Crippen LogP contribution is 2.29. The molecule has 0 amide bonds. The Balaban J connectivity index is 2.37. The highest BCUT2D eigenvalue weighted by Gasteiger charge is 2.14. The number of hydrogen-bond acceptors (Lipinski definition) is 3. The Morgan fingerprint density at radius 1 is 1.22 bits per heavy atom. The zero-order valence-electron chi connectivity index (χ0n) is 9.93. The van der Waals surface area contributed by atoms with Gasteiger partial charge in [0.15, 0.2) is 0 Å². The predicted molar refractivity (Wildman–Crippen MR) is 67.9 cm³/mol. The molecule has 0 aromatic heterocycles. The molecule has 0 heterocycles. The summed E-state index contributed by atoms with van der Waals surface area (Å²) < 4.78 is 18.1. The molecule has 0 aliphatic rings. The van der Waals surface area contributed by atoms with Crippen molar-refractivity contribution >= 4 is 5.69 Å². The van der Waals surface area contributed by atoms with Gasteiger partial charge in [-0.15, -0.1) is 0 Å². The van der Waals surface area contributed by atoms with Gasteiger partial charge in [-0.25, -0.2) is 4.39 Å². The molecule has 1 atom stereocenters. The number of nitrogens with two attached hydrogens (primary N) is 1. The summed E-state index contributed by atoms with van der Waals surface area (Å²) >= 11 is 0. The van der Waals surface area contributed by atoms with E-state index < -0.39 is 11.9 Å². The number of anilines is 1. The Morgan fingerprint density at radius 3 is 2.61 bits per heavy atom. The van der Waals surface area contributed by atoms with Crippen LogP contribution in [0.5, 0.6) is 5.75 Å². The molecule has 0 fully saturated rings. The van der Waals surface area contributed by atoms with E-state index in [-0.39, 0.29) is 0 Å². The Labute approximate surface area is 105 Å². The number of methoxy groups -OCH3 is 1. The fourth-order valence-corrected chi connectivity index (χ4v) is 1.79. The molecular formula is C14H14FNO2. The SMILES string of the molecule is COc1ccc(C(O)c2cccc(F)c2)c(N)c1. The first-order chi connectivity index (χ1) is 8.61. The number of rotatable bonds is 3. The Hall–Kier alpha value is -2.07. The maximum absolute atomic E-state index is 13.1. The van der Waals surface area contributed by atoms with Gasteiger partial charge >= 0.3 is 0 Å². The number of nitrogen functional groups attached to an aromatic ring is 1. The van der Waals surface area contributed by atoms with Gasteiger partial charge in [-0.05, 0) is 23.8 Å². The Kier molecular flexibility index (Phi) is 3.48. The molecule has 94 valence electrons. The number of aliphatic hydroxyl groups excluding tert-OH is 1. The maximum atomic E-state index is 13.1. The summed E-state index contributed by atoms with van der Waals surface area (Å²) in [4.78, 5) is 0. The first-order valence-corrected chi connectivity index (χ1v) is 5.48. The lowest BCUT2D eigenvalue weighted by Crippen LogP contribution is -2.04. The highest BCUT2D eigenvalue weighted by atomic mass is 19.1. The van der Waals surface area contributed by atoms with Crippen molar-refractivity contribution < 1.29 is 14.2 Å². The minimum atomic E-state index is -0.952. The van der Waals surface area contributed by atoms with E-state index in [4.69, 9.17) is 10.5 Å². The second kappa shape index (κ2) is 5.06. The first kappa shape index (κ1) is 12.4. The van der Waals surface area contributed by atoms with Crippen molar-refractivity contribution in [1.29, 1.82) is 0 Å². The van der Waals surface area contributed by atoms with E-state index >= 15 is 0 Å². The summed E-state index contributed by atoms with van der Waals surface area (Å²) in [5, 5.41) is 10.2. The molecule has 0 saturated heterocycles. The molecule has 0 bridgehead atoms. The summed E-state index contributed by atoms with van der Waals surface area (Å²) in [6, 6.07) is 10.8. The summed E-state index contributed by atoms with van der Waals surface area (Å²) in [5.74, 6) is 0.223. The minimum Gasteiger partial charge on any atom is -0.497 e. The van der Waals surface area contributed by atoms with Gasteiger partial charge < -0.3 is 15.6 Å². The van der Waals surface area contributed by atoms with Gasteiger partial charge in [-0.3, -0.25) is 0 Å². The second-order valence-electron chi connectivity index (χ2n) is 3.95. The zero-order valence-corrected chi connectivity index (χ0v) is 9.93. The number of aliphatic hydroxyl groups is 1. The van der Waals surface area contributed by atoms with Crippen molar-refractivity contribution in [1.82, 2.24) is 0 Å². The molecule has 0 radical (unpaired) electrons. The second-order valence-corrected chi connectivity index (χ2v) is 3.95. The van der Waals surface area contributed by atoms with Gasteiger partial charge in [-0.2, -0.15) is 0 Å². The minimum absolute atomic E-state index is 0.390. The van der Waals surface area contributed by atoms with Gasteiger partial charge in [0.1, 0.15) is 17.7 Å². The summed E-state index contributed by atoms with van der Waals surface area (Å²) in [5.41, 5.74) is 7.24. The van der Waals surface area contributed by atoms with Crippen LogP contribution in [0, 0.1) is 5.82 Å². The normalized spacial score (nSPS) is 12.2. The standard InChI is InChI=1S/C14H14FNO2/c1-18-11-5-6-12(13(16)8-11)14(17)9-3-2-4-10(15)7-9/h2-8,14,17H,16H2,1H3. The third kappa shape index (κ3) is 2.43. The maximum Gasteiger partial charge on any atom is 0.123 e. The van der Waals surface area contributed by atoms with Gasteiger partial charge in [-0.1, -0.05) is 18.2 Å². The number of ether oxygens (including phenoxy) is 1. The molecule has 2 aromatic rings. The van der Waals surface area contributed by atoms with E-state index in [1.165, 1.54) is 19.2 Å². The van der Waals surface area contributed by atoms with Gasteiger partial charge in [0.25, 0.3) is 0 Å². The van der Waals surface area contributed by atoms with Crippen molar-refractivity contribution in [2.75, 3.05) is 12.8 Å². The molecular weight excluding hydrogens is 233 g/mol. The molecule has 0 aliphatic heterocycles. The van der Waals surface area contributed by atoms with Crippen molar-refractivity contribution in [3.8, 4) is 5.75 Å². The van der Waals surface area contributed by atoms with Crippen molar-refractivity contribution in [2.45, 2.75) is 6.10 Å². The van der Waals surface area contributed by atoms with Crippen molar-refractivity contribution in [2.24, 2.45) is 0 Å². The lowest BCUT2D eigenvalue weighted by atomic mass is 10.00. The van der Waals surface area contributed by atoms with Gasteiger partial charge in [0, 0.05) is 17.3 Å². The molecule has 18 heavy (non-hydrogen) atoms. The van der Waals surface area contributed by atoms with Crippen molar-refractivity contribution in [3.63, 3.8) is 0 Å². The summed E-state index contributed by atoms with van der Waals surface area (Å²) in [6.07, 6.45) is -0.952. The highest BCUT2D eigenvalue weighted by molar-refractivity contribution is 5.54. The van der Waals surface area contributed by atoms with E-state index in [9.17, 15) is 9.50 Å². The van der Waals surface area contributed by atoms with Crippen LogP contribution in [-0.2, 0) is 0 Å². The topological polar surface area (TPSA) is 55.5 Å². The van der Waals surface area contributed by atoms with Crippen LogP contribution in [0.3, 0.4) is 0 Å². The molecule has 3 nitrogen and oxygen atoms in total. The van der Waals surface area contributed by atoms with Crippen molar-refractivity contribution in [3.05, 3.63) is 59.4 Å². The molecule has 3 N–H and O–H groups in total. The van der Waals surface area contributed by atoms with Gasteiger partial charge in [0.05, 0.1) is 7.11 Å². The van der Waals surface area contributed by atoms with E-state index in [2.05, 4.69) is 0 Å². The summed E-state index contributed by atoms with van der Waals surface area (Å²) in [7, 11) is 1.54. The van der Waals surface area contributed by atoms with E-state index in [0.717, 1.165) is 0 Å². The van der Waals surface area contributed by atoms with Crippen LogP contribution in [0.2, 0.25) is 0 Å². The molecule has 2 aromatic carbocycles. The van der Waals surface area contributed by atoms with E-state index in [0.29, 0.717) is 22.6 Å². The summed E-state index contributed by atoms with van der Waals surface area (Å²) in [6.45, 7) is 0. The average Bonchev–Trinajstić information content (AvgIpc) is 2.37. The molecule has 0 saturated carbocycles. The third-order valence-electron chi connectivity index (χ3n) is 2.75. The third-order valence-corrected chi connectivity index (χ3v) is 2.75. The fourth-order valence-electron chi connectivity index (χ4n) is 1.79. The van der Waals surface area contributed by atoms with Crippen LogP contribution in [0.15, 0.2) is 42.5 Å². The van der Waals surface area contributed by atoms with Crippen LogP contribution < -0.4 is 10.5 Å². The van der Waals surface area contributed by atoms with Crippen LogP contribution >= 0.6 is 0 Å². The van der Waals surface area contributed by atoms with E-state index in [1.807, 2.05) is 0 Å². The van der Waals surface area contributed by atoms with Gasteiger partial charge in [0.2, 0.25) is 0 Å². The molecule has 1 unspecified atom stereocenters. The Morgan fingerprint density at radius 2 is 2.00 bits per heavy atom. The monoisotopic (exact) mass is 247 g/mol. The molecule has 0 spiro atoms. The van der Waals surface area contributed by atoms with Crippen LogP contribution in [0.25, 0.3) is 0 Å².